The van der Waals surface area contributed by atoms with Crippen LogP contribution in [-0.2, 0) is 6.42 Å². The maximum absolute atomic E-state index is 11.5. The number of hydrogen-bond acceptors (Lipinski definition) is 3. The molecule has 1 aromatic carbocycles. The molecule has 3 nitrogen and oxygen atoms in total. The van der Waals surface area contributed by atoms with Crippen LogP contribution in [0.1, 0.15) is 28.8 Å². The van der Waals surface area contributed by atoms with Crippen LogP contribution >= 0.6 is 0 Å². The summed E-state index contributed by atoms with van der Waals surface area (Å²) in [5.74, 6) is 1.00. The van der Waals surface area contributed by atoms with Crippen molar-refractivity contribution in [1.82, 2.24) is 0 Å². The van der Waals surface area contributed by atoms with Gasteiger partial charge in [0.2, 0.25) is 0 Å². The van der Waals surface area contributed by atoms with Crippen molar-refractivity contribution in [2.75, 3.05) is 13.2 Å². The van der Waals surface area contributed by atoms with E-state index in [1.165, 1.54) is 0 Å². The van der Waals surface area contributed by atoms with E-state index < -0.39 is 0 Å². The molecule has 15 heavy (non-hydrogen) atoms. The van der Waals surface area contributed by atoms with Gasteiger partial charge in [-0.05, 0) is 12.5 Å². The van der Waals surface area contributed by atoms with Gasteiger partial charge >= 0.3 is 0 Å². The first kappa shape index (κ1) is 10.2. The fourth-order valence-corrected chi connectivity index (χ4v) is 1.84. The molecule has 1 aliphatic rings. The fraction of sp³-hybridized carbons (Fsp3) is 0.417. The third-order valence-corrected chi connectivity index (χ3v) is 2.60. The first-order valence-electron chi connectivity index (χ1n) is 5.21. The van der Waals surface area contributed by atoms with Gasteiger partial charge in [-0.3, -0.25) is 4.79 Å². The number of carbonyl (C=O) groups excluding carboxylic acids is 1. The molecule has 0 unspecified atom stereocenters. The largest absolute Gasteiger partial charge is 0.493 e. The van der Waals surface area contributed by atoms with Crippen molar-refractivity contribution in [3.8, 4) is 5.75 Å². The lowest BCUT2D eigenvalue weighted by molar-refractivity contribution is 0.0994. The zero-order chi connectivity index (χ0) is 10.7. The number of benzene rings is 1. The van der Waals surface area contributed by atoms with Gasteiger partial charge in [0, 0.05) is 30.6 Å². The van der Waals surface area contributed by atoms with E-state index in [0.29, 0.717) is 19.4 Å². The third-order valence-electron chi connectivity index (χ3n) is 2.60. The molecule has 0 fully saturated rings. The van der Waals surface area contributed by atoms with E-state index >= 15 is 0 Å². The summed E-state index contributed by atoms with van der Waals surface area (Å²) in [7, 11) is 0. The van der Waals surface area contributed by atoms with E-state index in [-0.39, 0.29) is 12.4 Å². The molecule has 1 N–H and O–H groups in total. The summed E-state index contributed by atoms with van der Waals surface area (Å²) in [5, 5.41) is 8.65. The molecule has 80 valence electrons. The molecule has 0 aliphatic heterocycles. The summed E-state index contributed by atoms with van der Waals surface area (Å²) < 4.78 is 5.53. The topological polar surface area (TPSA) is 46.5 Å². The predicted octanol–water partition coefficient (Wildman–Crippen LogP) is 1.58. The molecule has 0 atom stereocenters. The zero-order valence-electron chi connectivity index (χ0n) is 8.53. The second-order valence-electron chi connectivity index (χ2n) is 3.63. The van der Waals surface area contributed by atoms with Gasteiger partial charge < -0.3 is 9.84 Å². The molecule has 2 rings (SSSR count). The monoisotopic (exact) mass is 206 g/mol. The number of rotatable bonds is 4. The van der Waals surface area contributed by atoms with Gasteiger partial charge in [0.05, 0.1) is 6.61 Å². The second kappa shape index (κ2) is 4.45. The average molecular weight is 206 g/mol. The minimum absolute atomic E-state index is 0.133. The van der Waals surface area contributed by atoms with Crippen LogP contribution in [-0.4, -0.2) is 24.1 Å². The lowest BCUT2D eigenvalue weighted by atomic mass is 10.1. The minimum atomic E-state index is 0.133. The predicted molar refractivity (Wildman–Crippen MR) is 56.3 cm³/mol. The molecule has 0 aromatic heterocycles. The number of fused-ring (bicyclic) bond motifs is 1. The molecule has 0 spiro atoms. The summed E-state index contributed by atoms with van der Waals surface area (Å²) in [6.45, 7) is 0.634. The van der Waals surface area contributed by atoms with Crippen LogP contribution < -0.4 is 4.74 Å². The van der Waals surface area contributed by atoms with E-state index in [1.54, 1.807) is 0 Å². The fourth-order valence-electron chi connectivity index (χ4n) is 1.84. The molecular formula is C12H14O3. The highest BCUT2D eigenvalue weighted by Gasteiger charge is 2.22. The standard InChI is InChI=1S/C12H14O3/c13-7-2-8-15-12-4-1-3-9-10(12)5-6-11(9)14/h1,3-4,13H,2,5-8H2. The van der Waals surface area contributed by atoms with E-state index in [0.717, 1.165) is 23.3 Å². The minimum Gasteiger partial charge on any atom is -0.493 e. The van der Waals surface area contributed by atoms with Crippen molar-refractivity contribution < 1.29 is 14.6 Å². The normalized spacial score (nSPS) is 14.1. The zero-order valence-corrected chi connectivity index (χ0v) is 8.53. The molecular weight excluding hydrogens is 192 g/mol. The number of aliphatic hydroxyl groups is 1. The molecule has 0 radical (unpaired) electrons. The van der Waals surface area contributed by atoms with Crippen molar-refractivity contribution in [3.63, 3.8) is 0 Å². The summed E-state index contributed by atoms with van der Waals surface area (Å²) in [4.78, 5) is 11.5. The highest BCUT2D eigenvalue weighted by Crippen LogP contribution is 2.30. The Morgan fingerprint density at radius 2 is 2.20 bits per heavy atom. The Hall–Kier alpha value is -1.35. The first-order valence-corrected chi connectivity index (χ1v) is 5.21. The summed E-state index contributed by atoms with van der Waals surface area (Å²) in [6.07, 6.45) is 2.00. The second-order valence-corrected chi connectivity index (χ2v) is 3.63. The SMILES string of the molecule is O=C1CCc2c(OCCCO)cccc21. The van der Waals surface area contributed by atoms with E-state index in [9.17, 15) is 4.79 Å². The van der Waals surface area contributed by atoms with Crippen molar-refractivity contribution in [3.05, 3.63) is 29.3 Å². The molecule has 1 aromatic rings. The van der Waals surface area contributed by atoms with E-state index in [4.69, 9.17) is 9.84 Å². The summed E-state index contributed by atoms with van der Waals surface area (Å²) in [5.41, 5.74) is 1.83. The van der Waals surface area contributed by atoms with Gasteiger partial charge in [0.1, 0.15) is 5.75 Å². The number of hydrogen-bond donors (Lipinski definition) is 1. The number of carbonyl (C=O) groups is 1. The Bertz CT molecular complexity index is 371. The summed E-state index contributed by atoms with van der Waals surface area (Å²) in [6, 6.07) is 5.58. The Morgan fingerprint density at radius 3 is 3.00 bits per heavy atom. The van der Waals surface area contributed by atoms with Gasteiger partial charge in [-0.2, -0.15) is 0 Å². The van der Waals surface area contributed by atoms with Crippen LogP contribution in [0.5, 0.6) is 5.75 Å². The van der Waals surface area contributed by atoms with Gasteiger partial charge in [0.15, 0.2) is 5.78 Å². The van der Waals surface area contributed by atoms with Crippen LogP contribution in [0.2, 0.25) is 0 Å². The maximum Gasteiger partial charge on any atom is 0.163 e. The Kier molecular flexibility index (Phi) is 3.02. The van der Waals surface area contributed by atoms with Crippen molar-refractivity contribution >= 4 is 5.78 Å². The number of Topliss-reactive ketones (excluding diaryl/α,β-unsaturated/α-hetero) is 1. The molecule has 3 heteroatoms. The van der Waals surface area contributed by atoms with E-state index in [2.05, 4.69) is 0 Å². The van der Waals surface area contributed by atoms with Crippen LogP contribution in [0.15, 0.2) is 18.2 Å². The first-order chi connectivity index (χ1) is 7.33. The Labute approximate surface area is 88.7 Å². The van der Waals surface area contributed by atoms with Crippen LogP contribution in [0.25, 0.3) is 0 Å². The van der Waals surface area contributed by atoms with Gasteiger partial charge in [-0.25, -0.2) is 0 Å². The molecule has 0 saturated carbocycles. The van der Waals surface area contributed by atoms with Gasteiger partial charge in [-0.1, -0.05) is 12.1 Å². The number of ketones is 1. The van der Waals surface area contributed by atoms with Crippen molar-refractivity contribution in [2.45, 2.75) is 19.3 Å². The Balaban J connectivity index is 2.15. The summed E-state index contributed by atoms with van der Waals surface area (Å²) >= 11 is 0. The van der Waals surface area contributed by atoms with Crippen molar-refractivity contribution in [1.29, 1.82) is 0 Å². The van der Waals surface area contributed by atoms with Crippen LogP contribution in [0.3, 0.4) is 0 Å². The number of aliphatic hydroxyl groups excluding tert-OH is 1. The highest BCUT2D eigenvalue weighted by molar-refractivity contribution is 6.01. The quantitative estimate of drug-likeness (QED) is 0.761. The van der Waals surface area contributed by atoms with Gasteiger partial charge in [-0.15, -0.1) is 0 Å². The van der Waals surface area contributed by atoms with Gasteiger partial charge in [0.25, 0.3) is 0 Å². The smallest absolute Gasteiger partial charge is 0.163 e. The molecule has 1 aliphatic carbocycles. The highest BCUT2D eigenvalue weighted by atomic mass is 16.5. The lowest BCUT2D eigenvalue weighted by Crippen LogP contribution is -2.02. The Morgan fingerprint density at radius 1 is 1.33 bits per heavy atom. The van der Waals surface area contributed by atoms with E-state index in [1.807, 2.05) is 18.2 Å². The lowest BCUT2D eigenvalue weighted by Gasteiger charge is -2.09. The van der Waals surface area contributed by atoms with Crippen LogP contribution in [0, 0.1) is 0 Å². The third kappa shape index (κ3) is 2.02. The van der Waals surface area contributed by atoms with Crippen LogP contribution in [0.4, 0.5) is 0 Å². The molecule has 0 bridgehead atoms. The molecule has 0 saturated heterocycles. The maximum atomic E-state index is 11.5. The molecule has 0 heterocycles. The molecule has 0 amide bonds. The van der Waals surface area contributed by atoms with Crippen molar-refractivity contribution in [2.24, 2.45) is 0 Å². The average Bonchev–Trinajstić information content (AvgIpc) is 2.62. The number of ether oxygens (including phenoxy) is 1.